The smallest absolute Gasteiger partial charge is 0.306 e. The number of rotatable bonds is 21. The van der Waals surface area contributed by atoms with Crippen LogP contribution in [-0.2, 0) is 9.53 Å². The fraction of sp³-hybridized carbons (Fsp3) is 0.942. The lowest BCUT2D eigenvalue weighted by atomic mass is 9.33. The van der Waals surface area contributed by atoms with Crippen LogP contribution < -0.4 is 0 Å². The first-order valence-electron chi connectivity index (χ1n) is 24.5. The highest BCUT2D eigenvalue weighted by molar-refractivity contribution is 5.69. The summed E-state index contributed by atoms with van der Waals surface area (Å²) in [6.07, 6.45) is 42.8. The van der Waals surface area contributed by atoms with Crippen molar-refractivity contribution in [3.63, 3.8) is 0 Å². The van der Waals surface area contributed by atoms with Crippen molar-refractivity contribution in [3.05, 3.63) is 11.6 Å². The molecule has 54 heavy (non-hydrogen) atoms. The van der Waals surface area contributed by atoms with Crippen molar-refractivity contribution < 1.29 is 9.53 Å². The molecule has 0 spiro atoms. The van der Waals surface area contributed by atoms with Gasteiger partial charge in [0.1, 0.15) is 6.10 Å². The molecule has 312 valence electrons. The fourth-order valence-corrected chi connectivity index (χ4v) is 14.3. The van der Waals surface area contributed by atoms with Gasteiger partial charge in [-0.25, -0.2) is 0 Å². The van der Waals surface area contributed by atoms with E-state index in [1.807, 2.05) is 5.57 Å². The predicted octanol–water partition coefficient (Wildman–Crippen LogP) is 16.5. The summed E-state index contributed by atoms with van der Waals surface area (Å²) in [4.78, 5) is 13.3. The monoisotopic (exact) mass is 749 g/mol. The molecule has 5 rings (SSSR count). The Morgan fingerprint density at radius 3 is 1.69 bits per heavy atom. The SMILES string of the molecule is CCCCCCCCCCCCCCCCCCCCCC(=O)OC1CCC2(C)C(CCC3(C)C2CC=C2C4CC(C)(C)CCC4(C)CCC23C)C1(C)C. The lowest BCUT2D eigenvalue weighted by Gasteiger charge is -2.71. The van der Waals surface area contributed by atoms with Crippen molar-refractivity contribution in [2.45, 2.75) is 261 Å². The average Bonchev–Trinajstić information content (AvgIpc) is 3.11. The van der Waals surface area contributed by atoms with E-state index in [9.17, 15) is 4.79 Å². The molecule has 2 nitrogen and oxygen atoms in total. The highest BCUT2D eigenvalue weighted by Gasteiger charge is 2.68. The summed E-state index contributed by atoms with van der Waals surface area (Å²) in [5.41, 5.74) is 3.86. The molecule has 8 atom stereocenters. The first-order chi connectivity index (χ1) is 25.6. The number of hydrogen-bond acceptors (Lipinski definition) is 2. The van der Waals surface area contributed by atoms with Crippen LogP contribution in [0.1, 0.15) is 255 Å². The summed E-state index contributed by atoms with van der Waals surface area (Å²) >= 11 is 0. The molecule has 4 fully saturated rings. The zero-order valence-electron chi connectivity index (χ0n) is 37.9. The number of carbonyl (C=O) groups excluding carboxylic acids is 1. The van der Waals surface area contributed by atoms with Crippen molar-refractivity contribution in [2.24, 2.45) is 50.2 Å². The van der Waals surface area contributed by atoms with Crippen molar-refractivity contribution in [3.8, 4) is 0 Å². The second-order valence-corrected chi connectivity index (χ2v) is 22.8. The lowest BCUT2D eigenvalue weighted by molar-refractivity contribution is -0.212. The van der Waals surface area contributed by atoms with Crippen LogP contribution in [0.4, 0.5) is 0 Å². The summed E-state index contributed by atoms with van der Waals surface area (Å²) in [7, 11) is 0. The molecule has 2 heteroatoms. The molecule has 0 aromatic rings. The third-order valence-electron chi connectivity index (χ3n) is 18.3. The number of fused-ring (bicyclic) bond motifs is 7. The van der Waals surface area contributed by atoms with Crippen LogP contribution in [0, 0.1) is 50.2 Å². The first-order valence-corrected chi connectivity index (χ1v) is 24.5. The maximum atomic E-state index is 13.3. The molecule has 5 aliphatic carbocycles. The van der Waals surface area contributed by atoms with Gasteiger partial charge in [-0.3, -0.25) is 4.79 Å². The minimum absolute atomic E-state index is 0.0287. The molecule has 0 aromatic carbocycles. The van der Waals surface area contributed by atoms with Gasteiger partial charge >= 0.3 is 5.97 Å². The molecule has 0 heterocycles. The van der Waals surface area contributed by atoms with Crippen molar-refractivity contribution in [1.29, 1.82) is 0 Å². The van der Waals surface area contributed by atoms with E-state index in [1.165, 1.54) is 173 Å². The van der Waals surface area contributed by atoms with Crippen LogP contribution in [0.25, 0.3) is 0 Å². The lowest BCUT2D eigenvalue weighted by Crippen LogP contribution is -2.64. The third-order valence-corrected chi connectivity index (χ3v) is 18.3. The van der Waals surface area contributed by atoms with E-state index in [2.05, 4.69) is 68.4 Å². The van der Waals surface area contributed by atoms with E-state index in [-0.39, 0.29) is 17.5 Å². The topological polar surface area (TPSA) is 26.3 Å². The standard InChI is InChI=1S/C52H92O2/c1-10-11-12-13-14-15-16-17-18-19-20-21-22-23-24-25-26-27-28-29-46(53)54-45-33-34-50(7)43(48(45,4)5)32-35-52(9)44(50)31-30-41-42-40-47(2,3)36-37-49(42,6)38-39-51(41,52)8/h30,42-45H,10-29,31-40H2,1-9H3. The van der Waals surface area contributed by atoms with Crippen LogP contribution in [0.3, 0.4) is 0 Å². The number of carbonyl (C=O) groups is 1. The van der Waals surface area contributed by atoms with Crippen LogP contribution in [0.15, 0.2) is 11.6 Å². The molecule has 0 N–H and O–H groups in total. The molecule has 8 unspecified atom stereocenters. The molecular formula is C52H92O2. The largest absolute Gasteiger partial charge is 0.462 e. The van der Waals surface area contributed by atoms with E-state index in [0.29, 0.717) is 39.4 Å². The van der Waals surface area contributed by atoms with Gasteiger partial charge in [-0.15, -0.1) is 0 Å². The Bertz CT molecular complexity index is 1210. The molecule has 0 bridgehead atoms. The van der Waals surface area contributed by atoms with Gasteiger partial charge in [-0.05, 0) is 115 Å². The van der Waals surface area contributed by atoms with Gasteiger partial charge in [0.25, 0.3) is 0 Å². The normalized spacial score (nSPS) is 36.6. The summed E-state index contributed by atoms with van der Waals surface area (Å²) < 4.78 is 6.44. The average molecular weight is 749 g/mol. The number of allylic oxidation sites excluding steroid dienone is 2. The fourth-order valence-electron chi connectivity index (χ4n) is 14.3. The van der Waals surface area contributed by atoms with Gasteiger partial charge in [-0.1, -0.05) is 190 Å². The number of esters is 1. The van der Waals surface area contributed by atoms with Crippen LogP contribution in [0.2, 0.25) is 0 Å². The Morgan fingerprint density at radius 1 is 0.611 bits per heavy atom. The number of hydrogen-bond donors (Lipinski definition) is 0. The van der Waals surface area contributed by atoms with Crippen molar-refractivity contribution in [2.75, 3.05) is 0 Å². The van der Waals surface area contributed by atoms with E-state index < -0.39 is 0 Å². The van der Waals surface area contributed by atoms with Crippen molar-refractivity contribution in [1.82, 2.24) is 0 Å². The molecule has 0 saturated heterocycles. The third kappa shape index (κ3) is 9.73. The van der Waals surface area contributed by atoms with Gasteiger partial charge < -0.3 is 4.74 Å². The Labute approximate surface area is 337 Å². The molecule has 4 saturated carbocycles. The molecule has 0 aromatic heterocycles. The van der Waals surface area contributed by atoms with Crippen molar-refractivity contribution >= 4 is 5.97 Å². The van der Waals surface area contributed by atoms with Gasteiger partial charge in [-0.2, -0.15) is 0 Å². The molecule has 0 amide bonds. The Hall–Kier alpha value is -0.790. The van der Waals surface area contributed by atoms with E-state index in [1.54, 1.807) is 0 Å². The van der Waals surface area contributed by atoms with Crippen LogP contribution in [0.5, 0.6) is 0 Å². The van der Waals surface area contributed by atoms with Crippen LogP contribution in [-0.4, -0.2) is 12.1 Å². The zero-order chi connectivity index (χ0) is 39.1. The summed E-state index contributed by atoms with van der Waals surface area (Å²) in [6, 6.07) is 0. The van der Waals surface area contributed by atoms with E-state index in [0.717, 1.165) is 24.7 Å². The molecule has 0 radical (unpaired) electrons. The maximum Gasteiger partial charge on any atom is 0.306 e. The highest BCUT2D eigenvalue weighted by Crippen LogP contribution is 2.75. The van der Waals surface area contributed by atoms with E-state index >= 15 is 0 Å². The molecule has 0 aliphatic heterocycles. The summed E-state index contributed by atoms with van der Waals surface area (Å²) in [5.74, 6) is 2.18. The summed E-state index contributed by atoms with van der Waals surface area (Å²) in [6.45, 7) is 23.1. The van der Waals surface area contributed by atoms with Gasteiger partial charge in [0, 0.05) is 11.8 Å². The minimum Gasteiger partial charge on any atom is -0.462 e. The second kappa shape index (κ2) is 18.9. The highest BCUT2D eigenvalue weighted by atomic mass is 16.5. The zero-order valence-corrected chi connectivity index (χ0v) is 37.9. The Morgan fingerprint density at radius 2 is 1.13 bits per heavy atom. The molecular weight excluding hydrogens is 657 g/mol. The predicted molar refractivity (Wildman–Crippen MR) is 233 cm³/mol. The Balaban J connectivity index is 0.989. The number of ether oxygens (including phenoxy) is 1. The first kappa shape index (κ1) is 44.3. The number of unbranched alkanes of at least 4 members (excludes halogenated alkanes) is 18. The van der Waals surface area contributed by atoms with Gasteiger partial charge in [0.2, 0.25) is 0 Å². The quantitative estimate of drug-likeness (QED) is 0.0664. The Kier molecular flexibility index (Phi) is 15.5. The maximum absolute atomic E-state index is 13.3. The van der Waals surface area contributed by atoms with Gasteiger partial charge in [0.05, 0.1) is 0 Å². The minimum atomic E-state index is 0.0287. The van der Waals surface area contributed by atoms with Gasteiger partial charge in [0.15, 0.2) is 0 Å². The van der Waals surface area contributed by atoms with E-state index in [4.69, 9.17) is 4.74 Å². The van der Waals surface area contributed by atoms with Crippen LogP contribution >= 0.6 is 0 Å². The second-order valence-electron chi connectivity index (χ2n) is 22.8. The molecule has 5 aliphatic rings. The summed E-state index contributed by atoms with van der Waals surface area (Å²) in [5, 5.41) is 0.